The zero-order valence-corrected chi connectivity index (χ0v) is 17.0. The monoisotopic (exact) mass is 424 g/mol. The van der Waals surface area contributed by atoms with Crippen LogP contribution >= 0.6 is 11.3 Å². The lowest BCUT2D eigenvalue weighted by Crippen LogP contribution is -2.30. The molecule has 7 nitrogen and oxygen atoms in total. The second-order valence-electron chi connectivity index (χ2n) is 6.51. The highest BCUT2D eigenvalue weighted by Crippen LogP contribution is 2.29. The van der Waals surface area contributed by atoms with Crippen molar-refractivity contribution in [3.8, 4) is 17.0 Å². The molecular formula is C21H17FN4O3S. The van der Waals surface area contributed by atoms with Crippen molar-refractivity contribution < 1.29 is 13.9 Å². The Hall–Kier alpha value is -3.59. The van der Waals surface area contributed by atoms with Crippen LogP contribution in [0.4, 0.5) is 10.1 Å². The number of carbonyl (C=O) groups is 1. The molecule has 0 fully saturated rings. The van der Waals surface area contributed by atoms with Crippen LogP contribution in [-0.4, -0.2) is 27.8 Å². The summed E-state index contributed by atoms with van der Waals surface area (Å²) >= 11 is 1.33. The van der Waals surface area contributed by atoms with E-state index in [9.17, 15) is 14.0 Å². The minimum Gasteiger partial charge on any atom is -0.497 e. The molecular weight excluding hydrogens is 407 g/mol. The second-order valence-corrected chi connectivity index (χ2v) is 7.71. The maximum absolute atomic E-state index is 13.3. The van der Waals surface area contributed by atoms with Gasteiger partial charge in [-0.3, -0.25) is 9.59 Å². The molecule has 0 aliphatic rings. The van der Waals surface area contributed by atoms with Crippen LogP contribution < -0.4 is 15.6 Å². The van der Waals surface area contributed by atoms with Gasteiger partial charge in [-0.1, -0.05) is 6.07 Å². The normalized spacial score (nSPS) is 10.9. The van der Waals surface area contributed by atoms with Gasteiger partial charge in [-0.2, -0.15) is 5.10 Å². The molecule has 0 saturated heterocycles. The van der Waals surface area contributed by atoms with Gasteiger partial charge in [0.25, 0.3) is 5.56 Å². The van der Waals surface area contributed by atoms with Gasteiger partial charge < -0.3 is 10.1 Å². The number of amides is 1. The lowest BCUT2D eigenvalue weighted by Gasteiger charge is -2.10. The van der Waals surface area contributed by atoms with Crippen molar-refractivity contribution in [2.24, 2.45) is 0 Å². The van der Waals surface area contributed by atoms with Crippen molar-refractivity contribution in [1.29, 1.82) is 0 Å². The quantitative estimate of drug-likeness (QED) is 0.529. The SMILES string of the molecule is COc1cccc(NC(=O)Cn2nc(-c3ccc(F)cc3)c3sc(C)nc3c2=O)c1. The first-order chi connectivity index (χ1) is 14.4. The van der Waals surface area contributed by atoms with Gasteiger partial charge in [0.15, 0.2) is 5.52 Å². The van der Waals surface area contributed by atoms with Crippen molar-refractivity contribution in [3.63, 3.8) is 0 Å². The van der Waals surface area contributed by atoms with Crippen LogP contribution in [0.25, 0.3) is 21.5 Å². The summed E-state index contributed by atoms with van der Waals surface area (Å²) in [5, 5.41) is 7.82. The third-order valence-electron chi connectivity index (χ3n) is 4.37. The number of benzene rings is 2. The molecule has 0 saturated carbocycles. The molecule has 1 amide bonds. The molecule has 0 bridgehead atoms. The van der Waals surface area contributed by atoms with Gasteiger partial charge in [0.1, 0.15) is 23.8 Å². The molecule has 9 heteroatoms. The van der Waals surface area contributed by atoms with E-state index in [1.54, 1.807) is 43.3 Å². The number of aromatic nitrogens is 3. The van der Waals surface area contributed by atoms with E-state index < -0.39 is 11.5 Å². The highest BCUT2D eigenvalue weighted by Gasteiger charge is 2.18. The Bertz CT molecular complexity index is 1300. The summed E-state index contributed by atoms with van der Waals surface area (Å²) in [7, 11) is 1.53. The van der Waals surface area contributed by atoms with Crippen LogP contribution in [-0.2, 0) is 11.3 Å². The summed E-state index contributed by atoms with van der Waals surface area (Å²) in [4.78, 5) is 29.7. The van der Waals surface area contributed by atoms with Crippen LogP contribution in [0.5, 0.6) is 5.75 Å². The molecule has 0 spiro atoms. The number of rotatable bonds is 5. The zero-order valence-electron chi connectivity index (χ0n) is 16.2. The second kappa shape index (κ2) is 8.03. The standard InChI is InChI=1S/C21H17FN4O3S/c1-12-23-19-20(30-12)18(13-6-8-14(22)9-7-13)25-26(21(19)28)11-17(27)24-15-4-3-5-16(10-15)29-2/h3-10H,11H2,1-2H3,(H,24,27). The van der Waals surface area contributed by atoms with Crippen molar-refractivity contribution in [3.05, 3.63) is 69.7 Å². The van der Waals surface area contributed by atoms with E-state index in [4.69, 9.17) is 4.74 Å². The molecule has 1 N–H and O–H groups in total. The van der Waals surface area contributed by atoms with Gasteiger partial charge in [-0.15, -0.1) is 11.3 Å². The van der Waals surface area contributed by atoms with E-state index in [0.29, 0.717) is 32.4 Å². The van der Waals surface area contributed by atoms with Crippen molar-refractivity contribution >= 4 is 33.1 Å². The molecule has 0 unspecified atom stereocenters. The average Bonchev–Trinajstić information content (AvgIpc) is 3.13. The minimum atomic E-state index is -0.457. The smallest absolute Gasteiger partial charge is 0.294 e. The Morgan fingerprint density at radius 3 is 2.73 bits per heavy atom. The molecule has 0 radical (unpaired) electrons. The largest absolute Gasteiger partial charge is 0.497 e. The van der Waals surface area contributed by atoms with Gasteiger partial charge in [0, 0.05) is 17.3 Å². The highest BCUT2D eigenvalue weighted by atomic mass is 32.1. The number of hydrogen-bond donors (Lipinski definition) is 1. The Labute approximate surface area is 174 Å². The molecule has 4 rings (SSSR count). The maximum Gasteiger partial charge on any atom is 0.294 e. The summed E-state index contributed by atoms with van der Waals surface area (Å²) in [5.74, 6) is -0.197. The number of aryl methyl sites for hydroxylation is 1. The summed E-state index contributed by atoms with van der Waals surface area (Å²) in [6.45, 7) is 1.50. The molecule has 2 heterocycles. The van der Waals surface area contributed by atoms with E-state index in [2.05, 4.69) is 15.4 Å². The number of fused-ring (bicyclic) bond motifs is 1. The first-order valence-electron chi connectivity index (χ1n) is 9.02. The van der Waals surface area contributed by atoms with E-state index in [1.165, 1.54) is 30.6 Å². The first-order valence-corrected chi connectivity index (χ1v) is 9.84. The van der Waals surface area contributed by atoms with E-state index in [1.807, 2.05) is 0 Å². The van der Waals surface area contributed by atoms with Gasteiger partial charge in [0.05, 0.1) is 16.8 Å². The molecule has 4 aromatic rings. The molecule has 0 aliphatic heterocycles. The Morgan fingerprint density at radius 2 is 2.00 bits per heavy atom. The van der Waals surface area contributed by atoms with Gasteiger partial charge in [0.2, 0.25) is 5.91 Å². The lowest BCUT2D eigenvalue weighted by molar-refractivity contribution is -0.117. The first kappa shape index (κ1) is 19.7. The Balaban J connectivity index is 1.71. The van der Waals surface area contributed by atoms with Crippen LogP contribution in [0, 0.1) is 12.7 Å². The predicted octanol–water partition coefficient (Wildman–Crippen LogP) is 3.61. The summed E-state index contributed by atoms with van der Waals surface area (Å²) < 4.78 is 20.2. The number of methoxy groups -OCH3 is 1. The average molecular weight is 424 g/mol. The maximum atomic E-state index is 13.3. The molecule has 2 aromatic heterocycles. The topological polar surface area (TPSA) is 86.1 Å². The van der Waals surface area contributed by atoms with Crippen LogP contribution in [0.3, 0.4) is 0 Å². The fourth-order valence-electron chi connectivity index (χ4n) is 3.01. The van der Waals surface area contributed by atoms with E-state index >= 15 is 0 Å². The predicted molar refractivity (Wildman–Crippen MR) is 113 cm³/mol. The van der Waals surface area contributed by atoms with Gasteiger partial charge >= 0.3 is 0 Å². The van der Waals surface area contributed by atoms with Crippen molar-refractivity contribution in [2.75, 3.05) is 12.4 Å². The molecule has 0 aliphatic carbocycles. The van der Waals surface area contributed by atoms with Crippen LogP contribution in [0.1, 0.15) is 5.01 Å². The lowest BCUT2D eigenvalue weighted by atomic mass is 10.1. The molecule has 152 valence electrons. The number of nitrogens with one attached hydrogen (secondary N) is 1. The van der Waals surface area contributed by atoms with Crippen LogP contribution in [0.15, 0.2) is 53.3 Å². The van der Waals surface area contributed by atoms with Crippen molar-refractivity contribution in [2.45, 2.75) is 13.5 Å². The van der Waals surface area contributed by atoms with E-state index in [0.717, 1.165) is 4.68 Å². The highest BCUT2D eigenvalue weighted by molar-refractivity contribution is 7.19. The third kappa shape index (κ3) is 3.92. The number of anilines is 1. The van der Waals surface area contributed by atoms with Gasteiger partial charge in [-0.05, 0) is 43.3 Å². The summed E-state index contributed by atoms with van der Waals surface area (Å²) in [5.41, 5.74) is 1.43. The minimum absolute atomic E-state index is 0.237. The fraction of sp³-hybridized carbons (Fsp3) is 0.143. The number of ether oxygens (including phenoxy) is 1. The summed E-state index contributed by atoms with van der Waals surface area (Å²) in [6, 6.07) is 12.7. The Kier molecular flexibility index (Phi) is 5.28. The summed E-state index contributed by atoms with van der Waals surface area (Å²) in [6.07, 6.45) is 0. The van der Waals surface area contributed by atoms with Crippen LogP contribution in [0.2, 0.25) is 0 Å². The van der Waals surface area contributed by atoms with Gasteiger partial charge in [-0.25, -0.2) is 14.1 Å². The molecule has 30 heavy (non-hydrogen) atoms. The number of nitrogens with zero attached hydrogens (tertiary/aromatic N) is 3. The number of carbonyl (C=O) groups excluding carboxylic acids is 1. The third-order valence-corrected chi connectivity index (χ3v) is 5.35. The number of hydrogen-bond acceptors (Lipinski definition) is 6. The molecule has 0 atom stereocenters. The van der Waals surface area contributed by atoms with E-state index in [-0.39, 0.29) is 17.9 Å². The number of thiazole rings is 1. The zero-order chi connectivity index (χ0) is 21.3. The number of halogens is 1. The molecule has 2 aromatic carbocycles. The Morgan fingerprint density at radius 1 is 1.23 bits per heavy atom. The van der Waals surface area contributed by atoms with Crippen molar-refractivity contribution in [1.82, 2.24) is 14.8 Å². The fourth-order valence-corrected chi connectivity index (χ4v) is 3.92.